The predicted octanol–water partition coefficient (Wildman–Crippen LogP) is 5.78. The largest absolute Gasteiger partial charge is 0.369 e. The Hall–Kier alpha value is -2.85. The molecule has 1 aromatic heterocycles. The van der Waals surface area contributed by atoms with Crippen LogP contribution < -0.4 is 5.32 Å². The van der Waals surface area contributed by atoms with E-state index in [9.17, 15) is 0 Å². The Morgan fingerprint density at radius 3 is 2.18 bits per heavy atom. The highest BCUT2D eigenvalue weighted by Gasteiger charge is 2.29. The monoisotopic (exact) mass is 429 g/mol. The van der Waals surface area contributed by atoms with E-state index in [0.717, 1.165) is 34.6 Å². The van der Waals surface area contributed by atoms with Crippen LogP contribution in [0.2, 0.25) is 0 Å². The molecule has 0 atom stereocenters. The Morgan fingerprint density at radius 1 is 0.857 bits per heavy atom. The number of hydrogen-bond donors (Lipinski definition) is 1. The SMILES string of the molecule is Brc1cccc(-n2nc(C(c3ccccc3)c3ccccc3)c3c2NCC3)c1. The third kappa shape index (κ3) is 3.04. The fraction of sp³-hybridized carbons (Fsp3) is 0.125. The summed E-state index contributed by atoms with van der Waals surface area (Å²) in [6.45, 7) is 0.949. The first kappa shape index (κ1) is 17.3. The zero-order chi connectivity index (χ0) is 18.9. The predicted molar refractivity (Wildman–Crippen MR) is 117 cm³/mol. The minimum absolute atomic E-state index is 0.115. The summed E-state index contributed by atoms with van der Waals surface area (Å²) < 4.78 is 3.11. The van der Waals surface area contributed by atoms with Crippen LogP contribution in [0.4, 0.5) is 5.82 Å². The van der Waals surface area contributed by atoms with Crippen molar-refractivity contribution in [3.05, 3.63) is 112 Å². The highest BCUT2D eigenvalue weighted by atomic mass is 79.9. The van der Waals surface area contributed by atoms with Crippen LogP contribution in [0, 0.1) is 0 Å². The van der Waals surface area contributed by atoms with E-state index in [1.807, 2.05) is 12.1 Å². The lowest BCUT2D eigenvalue weighted by Crippen LogP contribution is -2.09. The summed E-state index contributed by atoms with van der Waals surface area (Å²) in [6, 6.07) is 29.7. The van der Waals surface area contributed by atoms with Gasteiger partial charge >= 0.3 is 0 Å². The van der Waals surface area contributed by atoms with Gasteiger partial charge in [0.15, 0.2) is 0 Å². The second-order valence-electron chi connectivity index (χ2n) is 7.04. The number of nitrogens with one attached hydrogen (secondary N) is 1. The molecule has 1 N–H and O–H groups in total. The number of fused-ring (bicyclic) bond motifs is 1. The number of aromatic nitrogens is 2. The molecule has 3 nitrogen and oxygen atoms in total. The maximum absolute atomic E-state index is 5.13. The van der Waals surface area contributed by atoms with E-state index in [2.05, 4.69) is 98.7 Å². The van der Waals surface area contributed by atoms with Crippen molar-refractivity contribution < 1.29 is 0 Å². The summed E-state index contributed by atoms with van der Waals surface area (Å²) in [5.41, 5.74) is 6.05. The molecule has 0 fully saturated rings. The van der Waals surface area contributed by atoms with E-state index in [1.54, 1.807) is 0 Å². The number of halogens is 1. The highest BCUT2D eigenvalue weighted by molar-refractivity contribution is 9.10. The lowest BCUT2D eigenvalue weighted by Gasteiger charge is -2.17. The van der Waals surface area contributed by atoms with E-state index in [-0.39, 0.29) is 5.92 Å². The van der Waals surface area contributed by atoms with Crippen molar-refractivity contribution in [3.8, 4) is 5.69 Å². The number of benzene rings is 3. The van der Waals surface area contributed by atoms with Gasteiger partial charge in [0.2, 0.25) is 0 Å². The van der Waals surface area contributed by atoms with Crippen LogP contribution in [-0.2, 0) is 6.42 Å². The first-order valence-electron chi connectivity index (χ1n) is 9.53. The number of rotatable bonds is 4. The maximum atomic E-state index is 5.13. The zero-order valence-electron chi connectivity index (χ0n) is 15.3. The first-order valence-corrected chi connectivity index (χ1v) is 10.3. The van der Waals surface area contributed by atoms with Gasteiger partial charge < -0.3 is 5.32 Å². The highest BCUT2D eigenvalue weighted by Crippen LogP contribution is 2.39. The number of hydrogen-bond acceptors (Lipinski definition) is 2. The van der Waals surface area contributed by atoms with E-state index >= 15 is 0 Å². The third-order valence-corrected chi connectivity index (χ3v) is 5.77. The molecule has 5 rings (SSSR count). The van der Waals surface area contributed by atoms with E-state index < -0.39 is 0 Å². The van der Waals surface area contributed by atoms with E-state index in [4.69, 9.17) is 5.10 Å². The Labute approximate surface area is 173 Å². The molecule has 4 heteroatoms. The van der Waals surface area contributed by atoms with Crippen molar-refractivity contribution in [2.75, 3.05) is 11.9 Å². The van der Waals surface area contributed by atoms with Gasteiger partial charge in [0.25, 0.3) is 0 Å². The van der Waals surface area contributed by atoms with Crippen molar-refractivity contribution in [3.63, 3.8) is 0 Å². The molecule has 1 aliphatic heterocycles. The van der Waals surface area contributed by atoms with E-state index in [1.165, 1.54) is 16.7 Å². The maximum Gasteiger partial charge on any atom is 0.133 e. The van der Waals surface area contributed by atoms with Gasteiger partial charge in [-0.3, -0.25) is 0 Å². The van der Waals surface area contributed by atoms with E-state index in [0.29, 0.717) is 0 Å². The smallest absolute Gasteiger partial charge is 0.133 e. The van der Waals surface area contributed by atoms with Crippen LogP contribution in [0.15, 0.2) is 89.4 Å². The quantitative estimate of drug-likeness (QED) is 0.445. The molecular weight excluding hydrogens is 410 g/mol. The fourth-order valence-corrected chi connectivity index (χ4v) is 4.41. The van der Waals surface area contributed by atoms with Gasteiger partial charge in [-0.1, -0.05) is 82.7 Å². The zero-order valence-corrected chi connectivity index (χ0v) is 16.9. The van der Waals surface area contributed by atoms with Gasteiger partial charge in [-0.25, -0.2) is 4.68 Å². The average molecular weight is 430 g/mol. The van der Waals surface area contributed by atoms with Gasteiger partial charge in [-0.05, 0) is 35.7 Å². The molecule has 138 valence electrons. The molecule has 2 heterocycles. The number of anilines is 1. The van der Waals surface area contributed by atoms with Crippen LogP contribution in [0.5, 0.6) is 0 Å². The molecule has 0 saturated heterocycles. The molecule has 0 bridgehead atoms. The molecule has 0 radical (unpaired) electrons. The summed E-state index contributed by atoms with van der Waals surface area (Å²) >= 11 is 3.59. The summed E-state index contributed by atoms with van der Waals surface area (Å²) in [4.78, 5) is 0. The third-order valence-electron chi connectivity index (χ3n) is 5.27. The van der Waals surface area contributed by atoms with Crippen molar-refractivity contribution in [1.29, 1.82) is 0 Å². The topological polar surface area (TPSA) is 29.9 Å². The molecule has 4 aromatic rings. The molecule has 0 spiro atoms. The normalized spacial score (nSPS) is 12.8. The second-order valence-corrected chi connectivity index (χ2v) is 7.95. The van der Waals surface area contributed by atoms with Gasteiger partial charge in [-0.2, -0.15) is 5.10 Å². The average Bonchev–Trinajstić information content (AvgIpc) is 3.34. The Balaban J connectivity index is 1.71. The molecule has 0 saturated carbocycles. The molecular formula is C24H20BrN3. The van der Waals surface area contributed by atoms with Crippen LogP contribution >= 0.6 is 15.9 Å². The lowest BCUT2D eigenvalue weighted by molar-refractivity contribution is 0.802. The summed E-state index contributed by atoms with van der Waals surface area (Å²) in [6.07, 6.45) is 0.995. The fourth-order valence-electron chi connectivity index (χ4n) is 4.03. The molecule has 0 unspecified atom stereocenters. The van der Waals surface area contributed by atoms with Crippen molar-refractivity contribution in [1.82, 2.24) is 9.78 Å². The van der Waals surface area contributed by atoms with Crippen LogP contribution in [0.25, 0.3) is 5.69 Å². The minimum Gasteiger partial charge on any atom is -0.369 e. The number of nitrogens with zero attached hydrogens (tertiary/aromatic N) is 2. The molecule has 28 heavy (non-hydrogen) atoms. The second kappa shape index (κ2) is 7.28. The van der Waals surface area contributed by atoms with Gasteiger partial charge in [0.05, 0.1) is 17.3 Å². The standard InChI is InChI=1S/C24H20BrN3/c25-19-12-7-13-20(16-19)28-24-21(14-15-26-24)23(27-28)22(17-8-3-1-4-9-17)18-10-5-2-6-11-18/h1-13,16,22,26H,14-15H2. The van der Waals surface area contributed by atoms with Crippen LogP contribution in [-0.4, -0.2) is 16.3 Å². The molecule has 1 aliphatic rings. The van der Waals surface area contributed by atoms with Crippen LogP contribution in [0.1, 0.15) is 28.3 Å². The summed E-state index contributed by atoms with van der Waals surface area (Å²) in [7, 11) is 0. The summed E-state index contributed by atoms with van der Waals surface area (Å²) in [5.74, 6) is 1.23. The Morgan fingerprint density at radius 2 is 1.54 bits per heavy atom. The van der Waals surface area contributed by atoms with Crippen molar-refractivity contribution >= 4 is 21.7 Å². The minimum atomic E-state index is 0.115. The van der Waals surface area contributed by atoms with Crippen molar-refractivity contribution in [2.45, 2.75) is 12.3 Å². The van der Waals surface area contributed by atoms with Gasteiger partial charge in [0, 0.05) is 16.6 Å². The first-order chi connectivity index (χ1) is 13.8. The Bertz CT molecular complexity index is 1060. The van der Waals surface area contributed by atoms with Gasteiger partial charge in [0.1, 0.15) is 5.82 Å². The van der Waals surface area contributed by atoms with Gasteiger partial charge in [-0.15, -0.1) is 0 Å². The molecule has 0 amide bonds. The lowest BCUT2D eigenvalue weighted by atomic mass is 9.86. The van der Waals surface area contributed by atoms with Crippen LogP contribution in [0.3, 0.4) is 0 Å². The van der Waals surface area contributed by atoms with Crippen molar-refractivity contribution in [2.24, 2.45) is 0 Å². The molecule has 0 aliphatic carbocycles. The molecule has 3 aromatic carbocycles. The summed E-state index contributed by atoms with van der Waals surface area (Å²) in [5, 5.41) is 8.68. The Kier molecular flexibility index (Phi) is 4.49.